The van der Waals surface area contributed by atoms with Crippen molar-refractivity contribution in [3.63, 3.8) is 0 Å². The van der Waals surface area contributed by atoms with Gasteiger partial charge < -0.3 is 14.5 Å². The zero-order valence-corrected chi connectivity index (χ0v) is 20.4. The van der Waals surface area contributed by atoms with Gasteiger partial charge >= 0.3 is 0 Å². The lowest BCUT2D eigenvalue weighted by atomic mass is 9.89. The second kappa shape index (κ2) is 9.32. The number of ether oxygens (including phenoxy) is 1. The minimum atomic E-state index is -0.154. The van der Waals surface area contributed by atoms with Crippen molar-refractivity contribution in [3.8, 4) is 5.75 Å². The van der Waals surface area contributed by atoms with E-state index < -0.39 is 0 Å². The highest BCUT2D eigenvalue weighted by molar-refractivity contribution is 14.1. The molecular weight excluding hydrogens is 515 g/mol. The van der Waals surface area contributed by atoms with Gasteiger partial charge in [0.05, 0.1) is 13.2 Å². The Morgan fingerprint density at radius 2 is 1.66 bits per heavy atom. The van der Waals surface area contributed by atoms with Crippen LogP contribution in [0, 0.1) is 3.57 Å². The number of carbonyl (C=O) groups is 2. The van der Waals surface area contributed by atoms with Crippen molar-refractivity contribution in [2.75, 3.05) is 16.9 Å². The molecule has 0 aliphatic carbocycles. The molecule has 0 bridgehead atoms. The normalized spacial score (nSPS) is 17.4. The summed E-state index contributed by atoms with van der Waals surface area (Å²) >= 11 is 2.26. The maximum absolute atomic E-state index is 13.5. The molecule has 164 valence electrons. The summed E-state index contributed by atoms with van der Waals surface area (Å²) in [6.07, 6.45) is 0.643. The summed E-state index contributed by atoms with van der Waals surface area (Å²) in [4.78, 5) is 30.0. The fourth-order valence-corrected chi connectivity index (χ4v) is 4.75. The average Bonchev–Trinajstić information content (AvgIpc) is 2.80. The maximum Gasteiger partial charge on any atom is 0.258 e. The number of hydrogen-bond acceptors (Lipinski definition) is 3. The summed E-state index contributed by atoms with van der Waals surface area (Å²) in [5.41, 5.74) is 3.28. The van der Waals surface area contributed by atoms with Gasteiger partial charge in [0.15, 0.2) is 0 Å². The third-order valence-corrected chi connectivity index (χ3v) is 6.59. The van der Waals surface area contributed by atoms with Crippen molar-refractivity contribution in [1.82, 2.24) is 0 Å². The molecule has 2 amide bonds. The molecule has 0 saturated carbocycles. The fourth-order valence-electron chi connectivity index (χ4n) is 4.39. The van der Waals surface area contributed by atoms with Crippen LogP contribution in [0.15, 0.2) is 72.8 Å². The van der Waals surface area contributed by atoms with E-state index in [2.05, 4.69) is 22.6 Å². The van der Waals surface area contributed by atoms with Gasteiger partial charge in [-0.3, -0.25) is 9.59 Å². The van der Waals surface area contributed by atoms with Crippen molar-refractivity contribution >= 4 is 45.8 Å². The van der Waals surface area contributed by atoms with Gasteiger partial charge in [0.1, 0.15) is 5.75 Å². The third-order valence-electron chi connectivity index (χ3n) is 5.87. The number of benzene rings is 3. The number of para-hydroxylation sites is 1. The molecule has 0 saturated heterocycles. The maximum atomic E-state index is 13.5. The molecule has 0 aromatic heterocycles. The zero-order chi connectivity index (χ0) is 22.8. The number of anilines is 2. The molecule has 0 spiro atoms. The van der Waals surface area contributed by atoms with E-state index in [9.17, 15) is 9.59 Å². The molecule has 1 aliphatic rings. The Bertz CT molecular complexity index is 1130. The molecule has 0 radical (unpaired) electrons. The SMILES string of the molecule is COc1ccc(C(=O)N2c3ccccc3[C@H](N(C(C)=O)c3ccc(I)cc3)C[C@@H]2C)cc1. The highest BCUT2D eigenvalue weighted by Crippen LogP contribution is 2.42. The molecule has 3 aromatic rings. The van der Waals surface area contributed by atoms with E-state index in [1.54, 1.807) is 38.3 Å². The number of hydrogen-bond donors (Lipinski definition) is 0. The number of nitrogens with zero attached hydrogens (tertiary/aromatic N) is 2. The first-order valence-corrected chi connectivity index (χ1v) is 11.6. The van der Waals surface area contributed by atoms with Crippen molar-refractivity contribution in [2.24, 2.45) is 0 Å². The highest BCUT2D eigenvalue weighted by atomic mass is 127. The quantitative estimate of drug-likeness (QED) is 0.392. The van der Waals surface area contributed by atoms with Crippen LogP contribution in [0.5, 0.6) is 5.75 Å². The molecule has 3 aromatic carbocycles. The highest BCUT2D eigenvalue weighted by Gasteiger charge is 2.38. The van der Waals surface area contributed by atoms with Gasteiger partial charge in [-0.15, -0.1) is 0 Å². The second-order valence-corrected chi connectivity index (χ2v) is 9.17. The molecule has 2 atom stereocenters. The Kier molecular flexibility index (Phi) is 6.50. The standard InChI is InChI=1S/C26H25IN2O3/c1-17-16-25(29(18(2)30)21-12-10-20(27)11-13-21)23-6-4-5-7-24(23)28(17)26(31)19-8-14-22(32-3)15-9-19/h4-15,17,25H,16H2,1-3H3/t17-,25+/m0/s1. The van der Waals surface area contributed by atoms with Crippen molar-refractivity contribution in [2.45, 2.75) is 32.4 Å². The van der Waals surface area contributed by atoms with E-state index in [-0.39, 0.29) is 23.9 Å². The first kappa shape index (κ1) is 22.3. The van der Waals surface area contributed by atoms with E-state index in [0.717, 1.165) is 20.5 Å². The van der Waals surface area contributed by atoms with Gasteiger partial charge in [0.2, 0.25) is 5.91 Å². The third kappa shape index (κ3) is 4.24. The van der Waals surface area contributed by atoms with E-state index in [4.69, 9.17) is 4.74 Å². The number of rotatable bonds is 4. The van der Waals surface area contributed by atoms with Crippen LogP contribution in [-0.4, -0.2) is 25.0 Å². The molecule has 6 heteroatoms. The van der Waals surface area contributed by atoms with Gasteiger partial charge in [-0.05, 0) is 96.1 Å². The smallest absolute Gasteiger partial charge is 0.258 e. The summed E-state index contributed by atoms with van der Waals surface area (Å²) in [5, 5.41) is 0. The second-order valence-electron chi connectivity index (χ2n) is 7.93. The Hall–Kier alpha value is -2.87. The molecular formula is C26H25IN2O3. The molecule has 1 heterocycles. The van der Waals surface area contributed by atoms with E-state index in [1.807, 2.05) is 65.3 Å². The largest absolute Gasteiger partial charge is 0.497 e. The molecule has 5 nitrogen and oxygen atoms in total. The first-order valence-electron chi connectivity index (χ1n) is 10.5. The molecule has 1 aliphatic heterocycles. The molecule has 4 rings (SSSR count). The van der Waals surface area contributed by atoms with Crippen LogP contribution < -0.4 is 14.5 Å². The predicted molar refractivity (Wildman–Crippen MR) is 135 cm³/mol. The molecule has 32 heavy (non-hydrogen) atoms. The van der Waals surface area contributed by atoms with Crippen molar-refractivity contribution in [1.29, 1.82) is 0 Å². The number of carbonyl (C=O) groups excluding carboxylic acids is 2. The summed E-state index contributed by atoms with van der Waals surface area (Å²) < 4.78 is 6.34. The summed E-state index contributed by atoms with van der Waals surface area (Å²) in [7, 11) is 1.61. The Morgan fingerprint density at radius 1 is 1.00 bits per heavy atom. The van der Waals surface area contributed by atoms with Gasteiger partial charge in [-0.1, -0.05) is 18.2 Å². The lowest BCUT2D eigenvalue weighted by Gasteiger charge is -2.43. The van der Waals surface area contributed by atoms with Crippen LogP contribution in [0.25, 0.3) is 0 Å². The van der Waals surface area contributed by atoms with E-state index in [1.165, 1.54) is 0 Å². The molecule has 0 unspecified atom stereocenters. The lowest BCUT2D eigenvalue weighted by Crippen LogP contribution is -2.47. The Balaban J connectivity index is 1.75. The number of halogens is 1. The number of fused-ring (bicyclic) bond motifs is 1. The van der Waals surface area contributed by atoms with Crippen molar-refractivity contribution < 1.29 is 14.3 Å². The molecule has 0 fully saturated rings. The van der Waals surface area contributed by atoms with Crippen molar-refractivity contribution in [3.05, 3.63) is 87.5 Å². The average molecular weight is 540 g/mol. The Morgan fingerprint density at radius 3 is 2.28 bits per heavy atom. The van der Waals surface area contributed by atoms with Crippen LogP contribution in [0.1, 0.15) is 42.2 Å². The van der Waals surface area contributed by atoms with Crippen LogP contribution >= 0.6 is 22.6 Å². The Labute approximate surface area is 202 Å². The van der Waals surface area contributed by atoms with E-state index in [0.29, 0.717) is 17.7 Å². The number of amides is 2. The van der Waals surface area contributed by atoms with Gasteiger partial charge in [0.25, 0.3) is 5.91 Å². The summed E-state index contributed by atoms with van der Waals surface area (Å²) in [6.45, 7) is 3.64. The van der Waals surface area contributed by atoms with Gasteiger partial charge in [0, 0.05) is 33.5 Å². The summed E-state index contributed by atoms with van der Waals surface area (Å²) in [5.74, 6) is 0.631. The van der Waals surface area contributed by atoms with E-state index >= 15 is 0 Å². The lowest BCUT2D eigenvalue weighted by molar-refractivity contribution is -0.117. The van der Waals surface area contributed by atoms with Crippen LogP contribution in [0.3, 0.4) is 0 Å². The van der Waals surface area contributed by atoms with Crippen LogP contribution in [0.4, 0.5) is 11.4 Å². The minimum absolute atomic E-state index is 0.0202. The molecule has 0 N–H and O–H groups in total. The van der Waals surface area contributed by atoms with Crippen LogP contribution in [0.2, 0.25) is 0 Å². The van der Waals surface area contributed by atoms with Gasteiger partial charge in [-0.25, -0.2) is 0 Å². The van der Waals surface area contributed by atoms with Gasteiger partial charge in [-0.2, -0.15) is 0 Å². The number of methoxy groups -OCH3 is 1. The van der Waals surface area contributed by atoms with Crippen LogP contribution in [-0.2, 0) is 4.79 Å². The minimum Gasteiger partial charge on any atom is -0.497 e. The first-order chi connectivity index (χ1) is 15.4. The summed E-state index contributed by atoms with van der Waals surface area (Å²) in [6, 6.07) is 22.8. The fraction of sp³-hybridized carbons (Fsp3) is 0.231. The monoisotopic (exact) mass is 540 g/mol. The zero-order valence-electron chi connectivity index (χ0n) is 18.3. The predicted octanol–water partition coefficient (Wildman–Crippen LogP) is 5.83. The topological polar surface area (TPSA) is 49.9 Å².